The molecule has 4 heteroatoms. The van der Waals surface area contributed by atoms with E-state index >= 15 is 0 Å². The molecule has 1 atom stereocenters. The van der Waals surface area contributed by atoms with Crippen LogP contribution < -0.4 is 10.9 Å². The summed E-state index contributed by atoms with van der Waals surface area (Å²) in [6, 6.07) is 9.99. The molecule has 2 rings (SSSR count). The summed E-state index contributed by atoms with van der Waals surface area (Å²) in [6.45, 7) is 0. The van der Waals surface area contributed by atoms with Gasteiger partial charge in [0.25, 0.3) is 0 Å². The summed E-state index contributed by atoms with van der Waals surface area (Å²) in [4.78, 5) is 4.46. The minimum Gasteiger partial charge on any atom is -0.303 e. The maximum Gasteiger partial charge on any atom is 0.166 e. The van der Waals surface area contributed by atoms with E-state index in [2.05, 4.69) is 21.8 Å². The predicted molar refractivity (Wildman–Crippen MR) is 64.3 cm³/mol. The second-order valence-electron chi connectivity index (χ2n) is 2.98. The summed E-state index contributed by atoms with van der Waals surface area (Å²) in [6.07, 6.45) is 5.18. The third kappa shape index (κ3) is 2.52. The Morgan fingerprint density at radius 1 is 1.40 bits per heavy atom. The van der Waals surface area contributed by atoms with Crippen LogP contribution in [0.5, 0.6) is 0 Å². The van der Waals surface area contributed by atoms with Crippen molar-refractivity contribution in [1.82, 2.24) is 10.9 Å². The van der Waals surface area contributed by atoms with Crippen LogP contribution in [0, 0.1) is 12.3 Å². The van der Waals surface area contributed by atoms with Gasteiger partial charge in [-0.15, -0.1) is 18.2 Å². The zero-order valence-corrected chi connectivity index (χ0v) is 8.92. The van der Waals surface area contributed by atoms with Crippen molar-refractivity contribution in [3.05, 3.63) is 35.9 Å². The van der Waals surface area contributed by atoms with Gasteiger partial charge in [0.15, 0.2) is 5.50 Å². The van der Waals surface area contributed by atoms with E-state index in [1.54, 1.807) is 11.8 Å². The molecule has 0 amide bonds. The monoisotopic (exact) mass is 217 g/mol. The van der Waals surface area contributed by atoms with E-state index in [0.717, 1.165) is 11.4 Å². The minimum atomic E-state index is 0.0104. The Labute approximate surface area is 93.3 Å². The Morgan fingerprint density at radius 3 is 2.93 bits per heavy atom. The van der Waals surface area contributed by atoms with Crippen LogP contribution >= 0.6 is 11.8 Å². The van der Waals surface area contributed by atoms with E-state index in [9.17, 15) is 0 Å². The van der Waals surface area contributed by atoms with Crippen LogP contribution in [0.2, 0.25) is 0 Å². The fraction of sp³-hybridized carbons (Fsp3) is 0.182. The van der Waals surface area contributed by atoms with Crippen molar-refractivity contribution < 1.29 is 0 Å². The lowest BCUT2D eigenvalue weighted by Crippen LogP contribution is -2.33. The Morgan fingerprint density at radius 2 is 2.20 bits per heavy atom. The number of hydrogen-bond acceptors (Lipinski definition) is 4. The van der Waals surface area contributed by atoms with Gasteiger partial charge in [-0.05, 0) is 0 Å². The number of benzene rings is 1. The van der Waals surface area contributed by atoms with Crippen molar-refractivity contribution >= 4 is 17.6 Å². The van der Waals surface area contributed by atoms with Crippen molar-refractivity contribution in [3.8, 4) is 12.3 Å². The molecule has 0 spiro atoms. The van der Waals surface area contributed by atoms with E-state index in [1.807, 2.05) is 30.3 Å². The van der Waals surface area contributed by atoms with Gasteiger partial charge in [-0.3, -0.25) is 0 Å². The van der Waals surface area contributed by atoms with Crippen LogP contribution in [0.1, 0.15) is 5.56 Å². The summed E-state index contributed by atoms with van der Waals surface area (Å²) in [7, 11) is 0. The molecule has 0 saturated carbocycles. The van der Waals surface area contributed by atoms with Gasteiger partial charge in [-0.25, -0.2) is 10.4 Å². The third-order valence-corrected chi connectivity index (χ3v) is 2.80. The zero-order chi connectivity index (χ0) is 10.5. The molecule has 0 radical (unpaired) electrons. The number of hydrazine groups is 1. The van der Waals surface area contributed by atoms with E-state index in [0.29, 0.717) is 5.75 Å². The minimum absolute atomic E-state index is 0.0104. The molecule has 0 saturated heterocycles. The lowest BCUT2D eigenvalue weighted by Gasteiger charge is -2.02. The second-order valence-corrected chi connectivity index (χ2v) is 4.05. The van der Waals surface area contributed by atoms with Crippen LogP contribution in [0.25, 0.3) is 0 Å². The average Bonchev–Trinajstić information content (AvgIpc) is 2.76. The molecular formula is C11H11N3S. The van der Waals surface area contributed by atoms with Gasteiger partial charge in [0, 0.05) is 5.56 Å². The lowest BCUT2D eigenvalue weighted by atomic mass is 10.2. The molecule has 1 aliphatic rings. The van der Waals surface area contributed by atoms with E-state index in [4.69, 9.17) is 6.42 Å². The number of terminal acetylenes is 1. The van der Waals surface area contributed by atoms with Crippen LogP contribution in [-0.4, -0.2) is 17.1 Å². The third-order valence-electron chi connectivity index (χ3n) is 1.93. The molecule has 15 heavy (non-hydrogen) atoms. The maximum atomic E-state index is 5.18. The molecule has 76 valence electrons. The Balaban J connectivity index is 2.04. The van der Waals surface area contributed by atoms with Crippen LogP contribution in [-0.2, 0) is 0 Å². The van der Waals surface area contributed by atoms with E-state index in [1.165, 1.54) is 0 Å². The first-order chi connectivity index (χ1) is 7.40. The fourth-order valence-corrected chi connectivity index (χ4v) is 1.84. The lowest BCUT2D eigenvalue weighted by molar-refractivity contribution is 0.689. The predicted octanol–water partition coefficient (Wildman–Crippen LogP) is 1.19. The molecule has 2 N–H and O–H groups in total. The SMILES string of the molecule is C#CCSC1N=C(c2ccccc2)NN1. The number of rotatable bonds is 3. The molecule has 3 nitrogen and oxygen atoms in total. The van der Waals surface area contributed by atoms with E-state index in [-0.39, 0.29) is 5.50 Å². The zero-order valence-electron chi connectivity index (χ0n) is 8.10. The van der Waals surface area contributed by atoms with Gasteiger partial charge < -0.3 is 5.43 Å². The molecule has 1 aromatic carbocycles. The highest BCUT2D eigenvalue weighted by atomic mass is 32.2. The fourth-order valence-electron chi connectivity index (χ4n) is 1.26. The molecule has 1 aromatic rings. The van der Waals surface area contributed by atoms with Crippen molar-refractivity contribution in [2.45, 2.75) is 5.50 Å². The maximum absolute atomic E-state index is 5.18. The van der Waals surface area contributed by atoms with Crippen molar-refractivity contribution in [2.75, 3.05) is 5.75 Å². The highest BCUT2D eigenvalue weighted by Crippen LogP contribution is 2.13. The first-order valence-corrected chi connectivity index (χ1v) is 5.65. The van der Waals surface area contributed by atoms with Crippen LogP contribution in [0.3, 0.4) is 0 Å². The Bertz CT molecular complexity index is 394. The summed E-state index contributed by atoms with van der Waals surface area (Å²) < 4.78 is 0. The smallest absolute Gasteiger partial charge is 0.166 e. The molecule has 1 aliphatic heterocycles. The molecular weight excluding hydrogens is 206 g/mol. The highest BCUT2D eigenvalue weighted by Gasteiger charge is 2.16. The number of thioether (sulfide) groups is 1. The number of nitrogens with zero attached hydrogens (tertiary/aromatic N) is 1. The molecule has 0 fully saturated rings. The summed E-state index contributed by atoms with van der Waals surface area (Å²) >= 11 is 1.59. The Kier molecular flexibility index (Phi) is 3.28. The molecule has 1 heterocycles. The van der Waals surface area contributed by atoms with Gasteiger partial charge >= 0.3 is 0 Å². The number of nitrogens with one attached hydrogen (secondary N) is 2. The number of hydrogen-bond donors (Lipinski definition) is 2. The van der Waals surface area contributed by atoms with Gasteiger partial charge in [0.05, 0.1) is 5.75 Å². The average molecular weight is 217 g/mol. The summed E-state index contributed by atoms with van der Waals surface area (Å²) in [5.41, 5.74) is 7.18. The van der Waals surface area contributed by atoms with Crippen LogP contribution in [0.4, 0.5) is 0 Å². The van der Waals surface area contributed by atoms with Gasteiger partial charge in [-0.2, -0.15) is 0 Å². The molecule has 0 bridgehead atoms. The second kappa shape index (κ2) is 4.87. The highest BCUT2D eigenvalue weighted by molar-refractivity contribution is 8.00. The normalized spacial score (nSPS) is 19.1. The largest absolute Gasteiger partial charge is 0.303 e. The van der Waals surface area contributed by atoms with E-state index < -0.39 is 0 Å². The topological polar surface area (TPSA) is 36.4 Å². The quantitative estimate of drug-likeness (QED) is 0.747. The summed E-state index contributed by atoms with van der Waals surface area (Å²) in [5.74, 6) is 4.10. The number of aliphatic imine (C=N–C) groups is 1. The Hall–Kier alpha value is -1.44. The van der Waals surface area contributed by atoms with Crippen molar-refractivity contribution in [3.63, 3.8) is 0 Å². The van der Waals surface area contributed by atoms with Crippen LogP contribution in [0.15, 0.2) is 35.3 Å². The molecule has 0 aliphatic carbocycles. The van der Waals surface area contributed by atoms with Gasteiger partial charge in [-0.1, -0.05) is 36.3 Å². The number of amidine groups is 1. The van der Waals surface area contributed by atoms with Gasteiger partial charge in [0.2, 0.25) is 0 Å². The molecule has 1 unspecified atom stereocenters. The first-order valence-electron chi connectivity index (χ1n) is 4.60. The standard InChI is InChI=1S/C11H11N3S/c1-2-8-15-11-12-10(13-14-11)9-6-4-3-5-7-9/h1,3-7,11,14H,8H2,(H,12,13). The van der Waals surface area contributed by atoms with Crippen molar-refractivity contribution in [1.29, 1.82) is 0 Å². The molecule has 0 aromatic heterocycles. The van der Waals surface area contributed by atoms with Crippen molar-refractivity contribution in [2.24, 2.45) is 4.99 Å². The first kappa shape index (κ1) is 10.1. The van der Waals surface area contributed by atoms with Gasteiger partial charge in [0.1, 0.15) is 5.84 Å². The summed E-state index contributed by atoms with van der Waals surface area (Å²) in [5, 5.41) is 0.